The van der Waals surface area contributed by atoms with Gasteiger partial charge in [-0.2, -0.15) is 0 Å². The molecular weight excluding hydrogens is 524 g/mol. The number of fused-ring (bicyclic) bond motifs is 3. The summed E-state index contributed by atoms with van der Waals surface area (Å²) in [6.07, 6.45) is 4.57. The lowest BCUT2D eigenvalue weighted by Crippen LogP contribution is -2.55. The van der Waals surface area contributed by atoms with Crippen LogP contribution in [0.1, 0.15) is 58.6 Å². The number of allylic oxidation sites excluding steroid dienone is 1. The van der Waals surface area contributed by atoms with E-state index in [1.165, 1.54) is 7.11 Å². The molecule has 2 amide bonds. The highest BCUT2D eigenvalue weighted by molar-refractivity contribution is 5.96. The summed E-state index contributed by atoms with van der Waals surface area (Å²) in [5.74, 6) is -0.666. The molecule has 4 atom stereocenters. The van der Waals surface area contributed by atoms with E-state index in [0.29, 0.717) is 35.3 Å². The lowest BCUT2D eigenvalue weighted by molar-refractivity contribution is -0.138. The number of aryl methyl sites for hydroxylation is 1. The molecule has 4 rings (SSSR count). The van der Waals surface area contributed by atoms with Gasteiger partial charge in [-0.25, -0.2) is 0 Å². The van der Waals surface area contributed by atoms with E-state index in [4.69, 9.17) is 9.47 Å². The molecule has 0 radical (unpaired) electrons. The Morgan fingerprint density at radius 3 is 2.61 bits per heavy atom. The topological polar surface area (TPSA) is 125 Å². The zero-order chi connectivity index (χ0) is 29.5. The van der Waals surface area contributed by atoms with Crippen molar-refractivity contribution in [1.29, 1.82) is 0 Å². The first-order valence-corrected chi connectivity index (χ1v) is 13.9. The van der Waals surface area contributed by atoms with E-state index in [-0.39, 0.29) is 37.6 Å². The predicted molar refractivity (Wildman–Crippen MR) is 154 cm³/mol. The highest BCUT2D eigenvalue weighted by Crippen LogP contribution is 2.51. The normalized spacial score (nSPS) is 20.6. The Morgan fingerprint density at radius 1 is 1.20 bits per heavy atom. The molecule has 3 N–H and O–H groups in total. The standard InChI is InChI=1S/C32H38N2O7/c1-4-5-6-7-8-27(37)34(18-21-11-9-20(2)10-12-21)25-17-24(32(39)33-13-14-35)28-23-15-22(19-36)16-26(40-3)30(23)41-31(28)29(25)38/h4,9-12,15-17,19,25,28-29,31,35,38H,1,5-8,13-14,18H2,2-3H3,(H,33,39)/t25-,28+,29+,31+/m1/s1. The largest absolute Gasteiger partial charge is 0.493 e. The Kier molecular flexibility index (Phi) is 9.96. The third-order valence-corrected chi connectivity index (χ3v) is 7.61. The number of amides is 2. The number of methoxy groups -OCH3 is 1. The van der Waals surface area contributed by atoms with Gasteiger partial charge in [-0.05, 0) is 50.0 Å². The summed E-state index contributed by atoms with van der Waals surface area (Å²) < 4.78 is 11.7. The van der Waals surface area contributed by atoms with Gasteiger partial charge in [0, 0.05) is 36.2 Å². The average Bonchev–Trinajstić information content (AvgIpc) is 3.37. The van der Waals surface area contributed by atoms with Gasteiger partial charge in [0.1, 0.15) is 18.5 Å². The van der Waals surface area contributed by atoms with Crippen molar-refractivity contribution in [2.24, 2.45) is 0 Å². The molecule has 41 heavy (non-hydrogen) atoms. The number of carbonyl (C=O) groups is 3. The van der Waals surface area contributed by atoms with Crippen LogP contribution in [0.2, 0.25) is 0 Å². The number of rotatable bonds is 13. The van der Waals surface area contributed by atoms with Gasteiger partial charge in [-0.1, -0.05) is 35.9 Å². The maximum Gasteiger partial charge on any atom is 0.247 e. The molecule has 0 fully saturated rings. The number of nitrogens with one attached hydrogen (secondary N) is 1. The van der Waals surface area contributed by atoms with Gasteiger partial charge < -0.3 is 29.9 Å². The third-order valence-electron chi connectivity index (χ3n) is 7.61. The maximum absolute atomic E-state index is 13.7. The van der Waals surface area contributed by atoms with Crippen LogP contribution in [0.15, 0.2) is 60.7 Å². The summed E-state index contributed by atoms with van der Waals surface area (Å²) in [6, 6.07) is 10.1. The van der Waals surface area contributed by atoms with Gasteiger partial charge >= 0.3 is 0 Å². The first-order valence-electron chi connectivity index (χ1n) is 13.9. The molecule has 9 heteroatoms. The van der Waals surface area contributed by atoms with Crippen molar-refractivity contribution >= 4 is 18.1 Å². The van der Waals surface area contributed by atoms with Crippen LogP contribution in [-0.4, -0.2) is 71.7 Å². The first-order chi connectivity index (χ1) is 19.8. The third kappa shape index (κ3) is 6.52. The van der Waals surface area contributed by atoms with Crippen molar-refractivity contribution in [3.8, 4) is 11.5 Å². The molecule has 0 aromatic heterocycles. The number of aliphatic hydroxyl groups is 2. The minimum Gasteiger partial charge on any atom is -0.493 e. The number of hydrogen-bond donors (Lipinski definition) is 3. The van der Waals surface area contributed by atoms with Crippen molar-refractivity contribution in [2.45, 2.75) is 63.3 Å². The Morgan fingerprint density at radius 2 is 1.95 bits per heavy atom. The second-order valence-corrected chi connectivity index (χ2v) is 10.4. The van der Waals surface area contributed by atoms with E-state index in [1.807, 2.05) is 37.3 Å². The molecule has 0 spiro atoms. The van der Waals surface area contributed by atoms with Crippen molar-refractivity contribution in [2.75, 3.05) is 20.3 Å². The van der Waals surface area contributed by atoms with Crippen LogP contribution < -0.4 is 14.8 Å². The molecule has 218 valence electrons. The van der Waals surface area contributed by atoms with Crippen LogP contribution in [0.5, 0.6) is 11.5 Å². The smallest absolute Gasteiger partial charge is 0.247 e. The lowest BCUT2D eigenvalue weighted by atomic mass is 9.77. The Labute approximate surface area is 240 Å². The quantitative estimate of drug-likeness (QED) is 0.195. The molecule has 0 saturated carbocycles. The van der Waals surface area contributed by atoms with Crippen LogP contribution in [0.4, 0.5) is 0 Å². The molecule has 9 nitrogen and oxygen atoms in total. The Bertz CT molecular complexity index is 1300. The predicted octanol–water partition coefficient (Wildman–Crippen LogP) is 3.21. The molecule has 0 bridgehead atoms. The fourth-order valence-corrected chi connectivity index (χ4v) is 5.52. The lowest BCUT2D eigenvalue weighted by Gasteiger charge is -2.41. The average molecular weight is 563 g/mol. The molecule has 1 aliphatic heterocycles. The Hall–Kier alpha value is -3.95. The van der Waals surface area contributed by atoms with Crippen LogP contribution in [-0.2, 0) is 16.1 Å². The molecular formula is C32H38N2O7. The summed E-state index contributed by atoms with van der Waals surface area (Å²) in [4.78, 5) is 40.4. The minimum absolute atomic E-state index is 0.0293. The maximum atomic E-state index is 13.7. The monoisotopic (exact) mass is 562 g/mol. The van der Waals surface area contributed by atoms with Gasteiger partial charge in [0.15, 0.2) is 11.5 Å². The number of benzene rings is 2. The fraction of sp³-hybridized carbons (Fsp3) is 0.406. The molecule has 1 heterocycles. The zero-order valence-electron chi connectivity index (χ0n) is 23.5. The number of unbranched alkanes of at least 4 members (excludes halogenated alkanes) is 2. The van der Waals surface area contributed by atoms with Gasteiger partial charge in [-0.3, -0.25) is 14.4 Å². The van der Waals surface area contributed by atoms with E-state index in [9.17, 15) is 24.6 Å². The van der Waals surface area contributed by atoms with Crippen LogP contribution in [0.3, 0.4) is 0 Å². The zero-order valence-corrected chi connectivity index (χ0v) is 23.5. The van der Waals surface area contributed by atoms with Crippen LogP contribution in [0, 0.1) is 6.92 Å². The van der Waals surface area contributed by atoms with Gasteiger partial charge in [-0.15, -0.1) is 6.58 Å². The van der Waals surface area contributed by atoms with Crippen LogP contribution >= 0.6 is 0 Å². The van der Waals surface area contributed by atoms with E-state index < -0.39 is 30.1 Å². The fourth-order valence-electron chi connectivity index (χ4n) is 5.52. The number of nitrogens with zero attached hydrogens (tertiary/aromatic N) is 1. The molecule has 2 aromatic rings. The van der Waals surface area contributed by atoms with E-state index in [2.05, 4.69) is 11.9 Å². The summed E-state index contributed by atoms with van der Waals surface area (Å²) in [5, 5.41) is 23.8. The number of aldehydes is 1. The van der Waals surface area contributed by atoms with Crippen molar-refractivity contribution < 1.29 is 34.1 Å². The van der Waals surface area contributed by atoms with Gasteiger partial charge in [0.05, 0.1) is 25.7 Å². The van der Waals surface area contributed by atoms with Gasteiger partial charge in [0.25, 0.3) is 0 Å². The van der Waals surface area contributed by atoms with Crippen molar-refractivity contribution in [3.63, 3.8) is 0 Å². The van der Waals surface area contributed by atoms with Crippen molar-refractivity contribution in [3.05, 3.63) is 83.0 Å². The highest BCUT2D eigenvalue weighted by Gasteiger charge is 2.51. The number of hydrogen-bond acceptors (Lipinski definition) is 7. The summed E-state index contributed by atoms with van der Waals surface area (Å²) in [6.45, 7) is 5.73. The van der Waals surface area contributed by atoms with Gasteiger partial charge in [0.2, 0.25) is 11.8 Å². The Balaban J connectivity index is 1.77. The van der Waals surface area contributed by atoms with E-state index >= 15 is 0 Å². The van der Waals surface area contributed by atoms with Crippen molar-refractivity contribution in [1.82, 2.24) is 10.2 Å². The second-order valence-electron chi connectivity index (χ2n) is 10.4. The van der Waals surface area contributed by atoms with Crippen LogP contribution in [0.25, 0.3) is 0 Å². The molecule has 2 aliphatic rings. The highest BCUT2D eigenvalue weighted by atomic mass is 16.5. The summed E-state index contributed by atoms with van der Waals surface area (Å²) in [5.41, 5.74) is 3.14. The second kappa shape index (κ2) is 13.6. The molecule has 1 aliphatic carbocycles. The first kappa shape index (κ1) is 30.0. The summed E-state index contributed by atoms with van der Waals surface area (Å²) in [7, 11) is 1.45. The van der Waals surface area contributed by atoms with E-state index in [0.717, 1.165) is 24.0 Å². The molecule has 2 aromatic carbocycles. The minimum atomic E-state index is -1.19. The molecule has 0 saturated heterocycles. The molecule has 0 unspecified atom stereocenters. The SMILES string of the molecule is C=CCCCCC(=O)N(Cc1ccc(C)cc1)[C@@H]1C=C(C(=O)NCCO)[C@@H]2c3cc(C=O)cc(OC)c3O[C@@H]2[C@H]1O. The number of ether oxygens (including phenoxy) is 2. The number of carbonyl (C=O) groups excluding carboxylic acids is 3. The summed E-state index contributed by atoms with van der Waals surface area (Å²) >= 11 is 0. The van der Waals surface area contributed by atoms with E-state index in [1.54, 1.807) is 23.1 Å². The number of aliphatic hydroxyl groups excluding tert-OH is 2.